The summed E-state index contributed by atoms with van der Waals surface area (Å²) >= 11 is 6.05. The van der Waals surface area contributed by atoms with Gasteiger partial charge in [0.2, 0.25) is 5.95 Å². The molecule has 132 valence electrons. The molecule has 3 rings (SSSR count). The van der Waals surface area contributed by atoms with E-state index in [2.05, 4.69) is 20.6 Å². The maximum absolute atomic E-state index is 13.7. The summed E-state index contributed by atoms with van der Waals surface area (Å²) in [5.41, 5.74) is 0.861. The Kier molecular flexibility index (Phi) is 5.38. The first kappa shape index (κ1) is 17.8. The van der Waals surface area contributed by atoms with Gasteiger partial charge in [0.1, 0.15) is 17.3 Å². The van der Waals surface area contributed by atoms with Crippen LogP contribution in [-0.2, 0) is 6.54 Å². The highest BCUT2D eigenvalue weighted by Crippen LogP contribution is 2.18. The Balaban J connectivity index is 1.70. The minimum atomic E-state index is -0.790. The molecule has 0 unspecified atom stereocenters. The van der Waals surface area contributed by atoms with Crippen LogP contribution in [0.3, 0.4) is 0 Å². The molecule has 0 aliphatic heterocycles. The molecule has 2 N–H and O–H groups in total. The molecule has 5 nitrogen and oxygen atoms in total. The van der Waals surface area contributed by atoms with Crippen molar-refractivity contribution in [2.75, 3.05) is 5.32 Å². The molecule has 8 heteroatoms. The van der Waals surface area contributed by atoms with E-state index in [0.717, 1.165) is 17.7 Å². The molecule has 2 aromatic carbocycles. The van der Waals surface area contributed by atoms with E-state index in [1.165, 1.54) is 18.3 Å². The smallest absolute Gasteiger partial charge is 0.270 e. The van der Waals surface area contributed by atoms with Crippen molar-refractivity contribution in [2.24, 2.45) is 0 Å². The summed E-state index contributed by atoms with van der Waals surface area (Å²) in [6.07, 6.45) is 1.36. The number of nitrogens with one attached hydrogen (secondary N) is 2. The molecule has 0 atom stereocenters. The highest BCUT2D eigenvalue weighted by Gasteiger charge is 2.11. The highest BCUT2D eigenvalue weighted by atomic mass is 35.5. The van der Waals surface area contributed by atoms with Crippen LogP contribution < -0.4 is 10.6 Å². The topological polar surface area (TPSA) is 66.9 Å². The third kappa shape index (κ3) is 4.31. The second kappa shape index (κ2) is 7.88. The van der Waals surface area contributed by atoms with Crippen molar-refractivity contribution in [3.05, 3.63) is 82.6 Å². The van der Waals surface area contributed by atoms with Crippen molar-refractivity contribution < 1.29 is 13.6 Å². The number of hydrogen-bond donors (Lipinski definition) is 2. The fourth-order valence-corrected chi connectivity index (χ4v) is 2.37. The molecular formula is C18H13ClF2N4O. The third-order valence-electron chi connectivity index (χ3n) is 3.46. The van der Waals surface area contributed by atoms with Crippen LogP contribution in [0.5, 0.6) is 0 Å². The van der Waals surface area contributed by atoms with E-state index < -0.39 is 17.5 Å². The van der Waals surface area contributed by atoms with E-state index >= 15 is 0 Å². The average Bonchev–Trinajstić information content (AvgIpc) is 2.63. The molecule has 0 saturated heterocycles. The predicted molar refractivity (Wildman–Crippen MR) is 94.3 cm³/mol. The van der Waals surface area contributed by atoms with Gasteiger partial charge < -0.3 is 10.6 Å². The molecule has 1 aromatic heterocycles. The first-order valence-electron chi connectivity index (χ1n) is 7.59. The number of benzene rings is 2. The third-order valence-corrected chi connectivity index (χ3v) is 3.83. The number of amides is 1. The molecule has 1 amide bonds. The number of rotatable bonds is 5. The summed E-state index contributed by atoms with van der Waals surface area (Å²) in [6.45, 7) is 0.234. The Morgan fingerprint density at radius 3 is 2.69 bits per heavy atom. The van der Waals surface area contributed by atoms with Gasteiger partial charge in [0, 0.05) is 23.8 Å². The molecule has 1 heterocycles. The van der Waals surface area contributed by atoms with E-state index in [0.29, 0.717) is 5.02 Å². The van der Waals surface area contributed by atoms with Crippen LogP contribution in [0, 0.1) is 11.6 Å². The number of carbonyl (C=O) groups excluding carboxylic acids is 1. The summed E-state index contributed by atoms with van der Waals surface area (Å²) in [4.78, 5) is 20.2. The van der Waals surface area contributed by atoms with Crippen LogP contribution in [0.4, 0.5) is 20.4 Å². The van der Waals surface area contributed by atoms with Gasteiger partial charge >= 0.3 is 0 Å². The lowest BCUT2D eigenvalue weighted by Gasteiger charge is -2.09. The number of carbonyl (C=O) groups is 1. The van der Waals surface area contributed by atoms with E-state index in [1.54, 1.807) is 18.2 Å². The van der Waals surface area contributed by atoms with Gasteiger partial charge in [-0.25, -0.2) is 18.7 Å². The monoisotopic (exact) mass is 374 g/mol. The first-order valence-corrected chi connectivity index (χ1v) is 7.97. The second-order valence-electron chi connectivity index (χ2n) is 5.29. The Labute approximate surface area is 153 Å². The van der Waals surface area contributed by atoms with Gasteiger partial charge in [0.15, 0.2) is 0 Å². The van der Waals surface area contributed by atoms with Gasteiger partial charge in [0.25, 0.3) is 5.91 Å². The van der Waals surface area contributed by atoms with E-state index in [4.69, 9.17) is 11.6 Å². The molecule has 0 aliphatic rings. The van der Waals surface area contributed by atoms with Gasteiger partial charge in [-0.2, -0.15) is 0 Å². The summed E-state index contributed by atoms with van der Waals surface area (Å²) in [5, 5.41) is 5.86. The van der Waals surface area contributed by atoms with Crippen molar-refractivity contribution in [1.82, 2.24) is 15.3 Å². The minimum Gasteiger partial charge on any atom is -0.347 e. The van der Waals surface area contributed by atoms with Gasteiger partial charge in [0.05, 0.1) is 5.69 Å². The van der Waals surface area contributed by atoms with Gasteiger partial charge in [-0.3, -0.25) is 4.79 Å². The van der Waals surface area contributed by atoms with Crippen LogP contribution in [0.1, 0.15) is 16.1 Å². The summed E-state index contributed by atoms with van der Waals surface area (Å²) in [6, 6.07) is 11.6. The average molecular weight is 375 g/mol. The molecule has 0 saturated carbocycles. The van der Waals surface area contributed by atoms with Crippen LogP contribution >= 0.6 is 11.6 Å². The van der Waals surface area contributed by atoms with Crippen LogP contribution in [0.2, 0.25) is 5.02 Å². The maximum atomic E-state index is 13.7. The SMILES string of the molecule is O=C(NCc1ccccc1Cl)c1ccnc(Nc2ccc(F)cc2F)n1. The lowest BCUT2D eigenvalue weighted by atomic mass is 10.2. The van der Waals surface area contributed by atoms with E-state index in [1.807, 2.05) is 6.07 Å². The zero-order valence-corrected chi connectivity index (χ0v) is 14.1. The number of hydrogen-bond acceptors (Lipinski definition) is 4. The van der Waals surface area contributed by atoms with E-state index in [-0.39, 0.29) is 23.9 Å². The Morgan fingerprint density at radius 1 is 1.12 bits per heavy atom. The van der Waals surface area contributed by atoms with Crippen LogP contribution in [-0.4, -0.2) is 15.9 Å². The first-order chi connectivity index (χ1) is 12.5. The molecule has 0 fully saturated rings. The lowest BCUT2D eigenvalue weighted by Crippen LogP contribution is -2.24. The van der Waals surface area contributed by atoms with Crippen molar-refractivity contribution in [2.45, 2.75) is 6.54 Å². The molecule has 0 radical (unpaired) electrons. The largest absolute Gasteiger partial charge is 0.347 e. The zero-order chi connectivity index (χ0) is 18.5. The fourth-order valence-electron chi connectivity index (χ4n) is 2.16. The second-order valence-corrected chi connectivity index (χ2v) is 5.70. The van der Waals surface area contributed by atoms with Crippen molar-refractivity contribution in [1.29, 1.82) is 0 Å². The number of nitrogens with zero attached hydrogens (tertiary/aromatic N) is 2. The molecule has 26 heavy (non-hydrogen) atoms. The number of halogens is 3. The highest BCUT2D eigenvalue weighted by molar-refractivity contribution is 6.31. The molecule has 0 aliphatic carbocycles. The Morgan fingerprint density at radius 2 is 1.92 bits per heavy atom. The molecule has 0 bridgehead atoms. The van der Waals surface area contributed by atoms with Gasteiger partial charge in [-0.05, 0) is 29.8 Å². The number of aromatic nitrogens is 2. The van der Waals surface area contributed by atoms with Crippen molar-refractivity contribution in [3.63, 3.8) is 0 Å². The summed E-state index contributed by atoms with van der Waals surface area (Å²) in [5.74, 6) is -1.90. The van der Waals surface area contributed by atoms with Crippen LogP contribution in [0.25, 0.3) is 0 Å². The summed E-state index contributed by atoms with van der Waals surface area (Å²) < 4.78 is 26.6. The lowest BCUT2D eigenvalue weighted by molar-refractivity contribution is 0.0946. The summed E-state index contributed by atoms with van der Waals surface area (Å²) in [7, 11) is 0. The zero-order valence-electron chi connectivity index (χ0n) is 13.3. The van der Waals surface area contributed by atoms with Crippen LogP contribution in [0.15, 0.2) is 54.7 Å². The minimum absolute atomic E-state index is 0.0000236. The fraction of sp³-hybridized carbons (Fsp3) is 0.0556. The predicted octanol–water partition coefficient (Wildman–Crippen LogP) is 4.08. The molecular weight excluding hydrogens is 362 g/mol. The standard InChI is InChI=1S/C18H13ClF2N4O/c19-13-4-2-1-3-11(13)10-23-17(26)16-7-8-22-18(25-16)24-15-6-5-12(20)9-14(15)21/h1-9H,10H2,(H,23,26)(H,22,24,25). The Bertz CT molecular complexity index is 952. The van der Waals surface area contributed by atoms with Crippen molar-refractivity contribution in [3.8, 4) is 0 Å². The van der Waals surface area contributed by atoms with Gasteiger partial charge in [-0.15, -0.1) is 0 Å². The van der Waals surface area contributed by atoms with Crippen molar-refractivity contribution >= 4 is 29.1 Å². The van der Waals surface area contributed by atoms with E-state index in [9.17, 15) is 13.6 Å². The quantitative estimate of drug-likeness (QED) is 0.706. The number of anilines is 2. The molecule has 3 aromatic rings. The van der Waals surface area contributed by atoms with Gasteiger partial charge in [-0.1, -0.05) is 29.8 Å². The normalized spacial score (nSPS) is 10.4. The maximum Gasteiger partial charge on any atom is 0.270 e. The Hall–Kier alpha value is -3.06. The molecule has 0 spiro atoms.